The van der Waals surface area contributed by atoms with E-state index < -0.39 is 0 Å². The first-order valence-corrected chi connectivity index (χ1v) is 7.52. The van der Waals surface area contributed by atoms with E-state index in [2.05, 4.69) is 0 Å². The van der Waals surface area contributed by atoms with Crippen LogP contribution in [0.3, 0.4) is 0 Å². The van der Waals surface area contributed by atoms with Gasteiger partial charge in [-0.1, -0.05) is 30.3 Å². The van der Waals surface area contributed by atoms with Crippen LogP contribution in [0, 0.1) is 0 Å². The second-order valence-electron chi connectivity index (χ2n) is 4.85. The number of ether oxygens (including phenoxy) is 1. The second kappa shape index (κ2) is 5.66. The molecule has 0 bridgehead atoms. The van der Waals surface area contributed by atoms with Gasteiger partial charge in [0.05, 0.1) is 12.0 Å². The van der Waals surface area contributed by atoms with Gasteiger partial charge in [0.1, 0.15) is 0 Å². The first-order chi connectivity index (χ1) is 10.2. The van der Waals surface area contributed by atoms with Crippen LogP contribution in [0.15, 0.2) is 42.0 Å². The first-order valence-electron chi connectivity index (χ1n) is 6.70. The quantitative estimate of drug-likeness (QED) is 0.643. The van der Waals surface area contributed by atoms with E-state index in [-0.39, 0.29) is 11.8 Å². The number of rotatable bonds is 3. The van der Waals surface area contributed by atoms with Gasteiger partial charge in [0, 0.05) is 16.0 Å². The van der Waals surface area contributed by atoms with Crippen molar-refractivity contribution in [2.75, 3.05) is 7.11 Å². The Morgan fingerprint density at radius 2 is 1.90 bits per heavy atom. The lowest BCUT2D eigenvalue weighted by Crippen LogP contribution is -2.08. The van der Waals surface area contributed by atoms with Gasteiger partial charge in [-0.3, -0.25) is 4.79 Å². The van der Waals surface area contributed by atoms with Gasteiger partial charge < -0.3 is 4.74 Å². The monoisotopic (exact) mass is 298 g/mol. The van der Waals surface area contributed by atoms with Crippen molar-refractivity contribution in [2.24, 2.45) is 0 Å². The molecule has 0 amide bonds. The summed E-state index contributed by atoms with van der Waals surface area (Å²) in [7, 11) is 1.39. The summed E-state index contributed by atoms with van der Waals surface area (Å²) in [6.07, 6.45) is 3.28. The molecule has 0 radical (unpaired) electrons. The Labute approximate surface area is 126 Å². The highest BCUT2D eigenvalue weighted by atomic mass is 32.1. The summed E-state index contributed by atoms with van der Waals surface area (Å²) in [5, 5.41) is 0. The van der Waals surface area contributed by atoms with Crippen LogP contribution in [-0.2, 0) is 16.0 Å². The fourth-order valence-electron chi connectivity index (χ4n) is 2.40. The molecule has 0 unspecified atom stereocenters. The zero-order valence-corrected chi connectivity index (χ0v) is 12.4. The molecular weight excluding hydrogens is 284 g/mol. The Morgan fingerprint density at radius 3 is 2.62 bits per heavy atom. The van der Waals surface area contributed by atoms with E-state index >= 15 is 0 Å². The van der Waals surface area contributed by atoms with Crippen molar-refractivity contribution in [1.29, 1.82) is 0 Å². The van der Waals surface area contributed by atoms with Crippen molar-refractivity contribution < 1.29 is 14.3 Å². The SMILES string of the molecule is COC(=O)C1=Cc2cc(C(=O)c3ccccc3)sc2CC1. The Morgan fingerprint density at radius 1 is 1.14 bits per heavy atom. The lowest BCUT2D eigenvalue weighted by Gasteiger charge is -2.10. The molecule has 4 heteroatoms. The molecule has 21 heavy (non-hydrogen) atoms. The Balaban J connectivity index is 1.92. The summed E-state index contributed by atoms with van der Waals surface area (Å²) in [4.78, 5) is 25.9. The molecule has 1 aromatic carbocycles. The minimum absolute atomic E-state index is 0.0306. The molecule has 0 spiro atoms. The molecule has 1 aliphatic carbocycles. The fourth-order valence-corrected chi connectivity index (χ4v) is 3.51. The summed E-state index contributed by atoms with van der Waals surface area (Å²) in [5.74, 6) is -0.259. The summed E-state index contributed by atoms with van der Waals surface area (Å²) in [6.45, 7) is 0. The maximum Gasteiger partial charge on any atom is 0.333 e. The van der Waals surface area contributed by atoms with Gasteiger partial charge in [-0.15, -0.1) is 11.3 Å². The minimum atomic E-state index is -0.289. The molecule has 0 N–H and O–H groups in total. The minimum Gasteiger partial charge on any atom is -0.466 e. The molecule has 0 atom stereocenters. The summed E-state index contributed by atoms with van der Waals surface area (Å²) in [5.41, 5.74) is 2.32. The normalized spacial score (nSPS) is 13.3. The predicted molar refractivity (Wildman–Crippen MR) is 82.5 cm³/mol. The van der Waals surface area contributed by atoms with Crippen LogP contribution in [0.1, 0.15) is 32.1 Å². The molecule has 1 heterocycles. The van der Waals surface area contributed by atoms with Gasteiger partial charge in [-0.25, -0.2) is 4.79 Å². The van der Waals surface area contributed by atoms with Crippen molar-refractivity contribution in [3.63, 3.8) is 0 Å². The maximum absolute atomic E-state index is 12.4. The third kappa shape index (κ3) is 2.67. The molecule has 0 saturated heterocycles. The number of thiophene rings is 1. The molecular formula is C17H14O3S. The standard InChI is InChI=1S/C17H14O3S/c1-20-17(19)12-7-8-14-13(9-12)10-15(21-14)16(18)11-5-3-2-4-6-11/h2-6,9-10H,7-8H2,1H3. The number of ketones is 1. The zero-order valence-electron chi connectivity index (χ0n) is 11.6. The van der Waals surface area contributed by atoms with Gasteiger partial charge in [-0.05, 0) is 30.5 Å². The third-order valence-electron chi connectivity index (χ3n) is 3.50. The van der Waals surface area contributed by atoms with E-state index in [9.17, 15) is 9.59 Å². The number of carbonyl (C=O) groups excluding carboxylic acids is 2. The molecule has 0 aliphatic heterocycles. The highest BCUT2D eigenvalue weighted by Crippen LogP contribution is 2.32. The first kappa shape index (κ1) is 13.8. The van der Waals surface area contributed by atoms with Crippen LogP contribution in [0.2, 0.25) is 0 Å². The highest BCUT2D eigenvalue weighted by Gasteiger charge is 2.21. The fraction of sp³-hybridized carbons (Fsp3) is 0.176. The molecule has 1 aliphatic rings. The van der Waals surface area contributed by atoms with Gasteiger partial charge in [0.15, 0.2) is 0 Å². The predicted octanol–water partition coefficient (Wildman–Crippen LogP) is 3.48. The Kier molecular flexibility index (Phi) is 3.71. The second-order valence-corrected chi connectivity index (χ2v) is 5.98. The van der Waals surface area contributed by atoms with E-state index in [1.165, 1.54) is 18.4 Å². The summed E-state index contributed by atoms with van der Waals surface area (Å²) in [6, 6.07) is 11.1. The van der Waals surface area contributed by atoms with Crippen LogP contribution in [-0.4, -0.2) is 18.9 Å². The number of carbonyl (C=O) groups is 2. The lowest BCUT2D eigenvalue weighted by molar-refractivity contribution is -0.136. The molecule has 3 nitrogen and oxygen atoms in total. The molecule has 1 aromatic heterocycles. The van der Waals surface area contributed by atoms with E-state index in [0.717, 1.165) is 16.9 Å². The summed E-state index contributed by atoms with van der Waals surface area (Å²) >= 11 is 1.51. The lowest BCUT2D eigenvalue weighted by atomic mass is 9.98. The number of esters is 1. The number of aryl methyl sites for hydroxylation is 1. The van der Waals surface area contributed by atoms with Crippen LogP contribution >= 0.6 is 11.3 Å². The van der Waals surface area contributed by atoms with E-state index in [4.69, 9.17) is 4.74 Å². The molecule has 2 aromatic rings. The van der Waals surface area contributed by atoms with Crippen LogP contribution < -0.4 is 0 Å². The Hall–Kier alpha value is -2.20. The van der Waals surface area contributed by atoms with Gasteiger partial charge in [0.2, 0.25) is 5.78 Å². The number of hydrogen-bond donors (Lipinski definition) is 0. The van der Waals surface area contributed by atoms with Crippen molar-refractivity contribution in [2.45, 2.75) is 12.8 Å². The topological polar surface area (TPSA) is 43.4 Å². The van der Waals surface area contributed by atoms with Crippen molar-refractivity contribution in [1.82, 2.24) is 0 Å². The smallest absolute Gasteiger partial charge is 0.333 e. The van der Waals surface area contributed by atoms with Crippen LogP contribution in [0.4, 0.5) is 0 Å². The van der Waals surface area contributed by atoms with E-state index in [1.54, 1.807) is 0 Å². The largest absolute Gasteiger partial charge is 0.466 e. The van der Waals surface area contributed by atoms with Crippen LogP contribution in [0.25, 0.3) is 6.08 Å². The van der Waals surface area contributed by atoms with Crippen molar-refractivity contribution in [3.05, 3.63) is 62.9 Å². The van der Waals surface area contributed by atoms with E-state index in [1.807, 2.05) is 42.5 Å². The number of benzene rings is 1. The van der Waals surface area contributed by atoms with Crippen molar-refractivity contribution >= 4 is 29.2 Å². The zero-order chi connectivity index (χ0) is 14.8. The molecule has 0 fully saturated rings. The van der Waals surface area contributed by atoms with Gasteiger partial charge >= 0.3 is 5.97 Å². The molecule has 3 rings (SSSR count). The van der Waals surface area contributed by atoms with Crippen LogP contribution in [0.5, 0.6) is 0 Å². The molecule has 106 valence electrons. The number of fused-ring (bicyclic) bond motifs is 1. The summed E-state index contributed by atoms with van der Waals surface area (Å²) < 4.78 is 4.76. The van der Waals surface area contributed by atoms with Crippen molar-refractivity contribution in [3.8, 4) is 0 Å². The number of methoxy groups -OCH3 is 1. The Bertz CT molecular complexity index is 726. The third-order valence-corrected chi connectivity index (χ3v) is 4.71. The van der Waals surface area contributed by atoms with Gasteiger partial charge in [-0.2, -0.15) is 0 Å². The average Bonchev–Trinajstić information content (AvgIpc) is 2.97. The van der Waals surface area contributed by atoms with E-state index in [0.29, 0.717) is 22.4 Å². The van der Waals surface area contributed by atoms with Gasteiger partial charge in [0.25, 0.3) is 0 Å². The molecule has 0 saturated carbocycles. The maximum atomic E-state index is 12.4. The average molecular weight is 298 g/mol. The highest BCUT2D eigenvalue weighted by molar-refractivity contribution is 7.14. The number of hydrogen-bond acceptors (Lipinski definition) is 4.